The topological polar surface area (TPSA) is 52.7 Å². The van der Waals surface area contributed by atoms with E-state index >= 15 is 0 Å². The lowest BCUT2D eigenvalue weighted by Crippen LogP contribution is -2.44. The maximum Gasteiger partial charge on any atom is 0.416 e. The first kappa shape index (κ1) is 28.8. The van der Waals surface area contributed by atoms with E-state index in [0.717, 1.165) is 15.3 Å². The quantitative estimate of drug-likeness (QED) is 0.228. The number of halogens is 6. The maximum atomic E-state index is 13.3. The first-order chi connectivity index (χ1) is 17.9. The van der Waals surface area contributed by atoms with E-state index in [1.807, 2.05) is 47.8 Å². The zero-order valence-electron chi connectivity index (χ0n) is 19.9. The van der Waals surface area contributed by atoms with Crippen LogP contribution in [0.5, 0.6) is 0 Å². The first-order valence-corrected chi connectivity index (χ1v) is 12.0. The number of nitrogens with one attached hydrogen (secondary N) is 1. The van der Waals surface area contributed by atoms with Gasteiger partial charge in [-0.3, -0.25) is 4.79 Å². The lowest BCUT2D eigenvalue weighted by molar-refractivity contribution is -0.143. The number of carbonyl (C=O) groups is 2. The molecule has 12 heteroatoms. The van der Waals surface area contributed by atoms with Crippen molar-refractivity contribution in [2.24, 2.45) is 0 Å². The van der Waals surface area contributed by atoms with Crippen molar-refractivity contribution in [1.29, 1.82) is 0 Å². The van der Waals surface area contributed by atoms with E-state index in [2.05, 4.69) is 11.9 Å². The van der Waals surface area contributed by atoms with E-state index in [9.17, 15) is 35.9 Å². The summed E-state index contributed by atoms with van der Waals surface area (Å²) in [6.45, 7) is 3.33. The molecule has 0 spiro atoms. The van der Waals surface area contributed by atoms with Gasteiger partial charge < -0.3 is 15.1 Å². The second-order valence-electron chi connectivity index (χ2n) is 8.21. The number of carbonyl (C=O) groups excluding carboxylic acids is 2. The van der Waals surface area contributed by atoms with E-state index in [0.29, 0.717) is 12.1 Å². The molecule has 38 heavy (non-hydrogen) atoms. The van der Waals surface area contributed by atoms with Gasteiger partial charge in [-0.25, -0.2) is 4.79 Å². The molecular weight excluding hydrogens is 532 g/mol. The number of rotatable bonds is 9. The van der Waals surface area contributed by atoms with Gasteiger partial charge in [0.25, 0.3) is 0 Å². The molecule has 0 saturated heterocycles. The van der Waals surface area contributed by atoms with E-state index in [1.165, 1.54) is 22.3 Å². The predicted octanol–water partition coefficient (Wildman–Crippen LogP) is 7.03. The molecule has 2 aromatic carbocycles. The van der Waals surface area contributed by atoms with Crippen LogP contribution in [0.4, 0.5) is 36.8 Å². The van der Waals surface area contributed by atoms with Crippen molar-refractivity contribution < 1.29 is 35.9 Å². The molecule has 0 atom stereocenters. The zero-order chi connectivity index (χ0) is 27.9. The SMILES string of the molecule is C=CCN(CC(=O)N(Cc1ccccc1)Cc1cccs1)C(=O)Nc1cc(C(F)(F)F)cc(C(F)(F)F)c1. The van der Waals surface area contributed by atoms with Gasteiger partial charge in [0, 0.05) is 23.7 Å². The molecule has 3 amide bonds. The average Bonchev–Trinajstić information content (AvgIpc) is 3.36. The van der Waals surface area contributed by atoms with Crippen molar-refractivity contribution in [2.75, 3.05) is 18.4 Å². The highest BCUT2D eigenvalue weighted by Crippen LogP contribution is 2.37. The Hall–Kier alpha value is -3.80. The minimum absolute atomic E-state index is 0.0350. The van der Waals surface area contributed by atoms with Crippen LogP contribution in [0, 0.1) is 0 Å². The van der Waals surface area contributed by atoms with Crippen LogP contribution < -0.4 is 5.32 Å². The Labute approximate surface area is 219 Å². The summed E-state index contributed by atoms with van der Waals surface area (Å²) < 4.78 is 79.2. The molecule has 3 aromatic rings. The van der Waals surface area contributed by atoms with Crippen molar-refractivity contribution in [3.63, 3.8) is 0 Å². The number of hydrogen-bond acceptors (Lipinski definition) is 3. The third-order valence-corrected chi connectivity index (χ3v) is 6.16. The van der Waals surface area contributed by atoms with Gasteiger partial charge in [-0.1, -0.05) is 42.5 Å². The van der Waals surface area contributed by atoms with Crippen molar-refractivity contribution in [1.82, 2.24) is 9.80 Å². The van der Waals surface area contributed by atoms with Gasteiger partial charge >= 0.3 is 18.4 Å². The number of urea groups is 1. The van der Waals surface area contributed by atoms with Crippen LogP contribution >= 0.6 is 11.3 Å². The molecule has 0 radical (unpaired) electrons. The Morgan fingerprint density at radius 2 is 1.50 bits per heavy atom. The lowest BCUT2D eigenvalue weighted by Gasteiger charge is -2.27. The Bertz CT molecular complexity index is 1210. The summed E-state index contributed by atoms with van der Waals surface area (Å²) in [7, 11) is 0. The number of nitrogens with zero attached hydrogens (tertiary/aromatic N) is 2. The van der Waals surface area contributed by atoms with Gasteiger partial charge in [0.1, 0.15) is 6.54 Å². The van der Waals surface area contributed by atoms with Crippen LogP contribution in [0.25, 0.3) is 0 Å². The Morgan fingerprint density at radius 1 is 0.868 bits per heavy atom. The molecule has 3 rings (SSSR count). The highest BCUT2D eigenvalue weighted by molar-refractivity contribution is 7.09. The first-order valence-electron chi connectivity index (χ1n) is 11.2. The van der Waals surface area contributed by atoms with Crippen molar-refractivity contribution >= 4 is 29.0 Å². The predicted molar refractivity (Wildman–Crippen MR) is 132 cm³/mol. The molecule has 5 nitrogen and oxygen atoms in total. The molecule has 0 bridgehead atoms. The number of alkyl halides is 6. The van der Waals surface area contributed by atoms with Gasteiger partial charge in [-0.05, 0) is 35.2 Å². The average molecular weight is 556 g/mol. The molecule has 0 aliphatic heterocycles. The van der Waals surface area contributed by atoms with Gasteiger partial charge in [0.2, 0.25) is 5.91 Å². The monoisotopic (exact) mass is 555 g/mol. The molecule has 0 aliphatic rings. The van der Waals surface area contributed by atoms with Gasteiger partial charge in [-0.15, -0.1) is 17.9 Å². The Kier molecular flexibility index (Phi) is 9.21. The maximum absolute atomic E-state index is 13.3. The van der Waals surface area contributed by atoms with Gasteiger partial charge in [0.05, 0.1) is 17.7 Å². The van der Waals surface area contributed by atoms with Crippen LogP contribution in [0.1, 0.15) is 21.6 Å². The minimum Gasteiger partial charge on any atom is -0.332 e. The second kappa shape index (κ2) is 12.2. The Balaban J connectivity index is 1.82. The standard InChI is InChI=1S/C26H23F6N3O2S/c1-2-10-34(24(37)33-21-13-19(25(27,28)29)12-20(14-21)26(30,31)32)17-23(36)35(16-22-9-6-11-38-22)15-18-7-4-3-5-8-18/h2-9,11-14H,1,10,15-17H2,(H,33,37). The number of anilines is 1. The van der Waals surface area contributed by atoms with Crippen molar-refractivity contribution in [3.8, 4) is 0 Å². The summed E-state index contributed by atoms with van der Waals surface area (Å²) in [6, 6.07) is 12.5. The van der Waals surface area contributed by atoms with E-state index in [-0.39, 0.29) is 25.7 Å². The molecule has 0 unspecified atom stereocenters. The third kappa shape index (κ3) is 8.10. The van der Waals surface area contributed by atoms with Crippen molar-refractivity contribution in [2.45, 2.75) is 25.4 Å². The highest BCUT2D eigenvalue weighted by atomic mass is 32.1. The van der Waals surface area contributed by atoms with Crippen molar-refractivity contribution in [3.05, 3.63) is 100 Å². The summed E-state index contributed by atoms with van der Waals surface area (Å²) in [5.74, 6) is -0.473. The molecule has 1 aromatic heterocycles. The smallest absolute Gasteiger partial charge is 0.332 e. The summed E-state index contributed by atoms with van der Waals surface area (Å²) >= 11 is 1.44. The largest absolute Gasteiger partial charge is 0.416 e. The fourth-order valence-electron chi connectivity index (χ4n) is 3.49. The molecule has 1 N–H and O–H groups in total. The summed E-state index contributed by atoms with van der Waals surface area (Å²) in [4.78, 5) is 29.5. The number of benzene rings is 2. The molecule has 0 aliphatic carbocycles. The summed E-state index contributed by atoms with van der Waals surface area (Å²) in [5, 5.41) is 3.91. The number of hydrogen-bond donors (Lipinski definition) is 1. The normalized spacial score (nSPS) is 11.6. The minimum atomic E-state index is -5.07. The third-order valence-electron chi connectivity index (χ3n) is 5.30. The number of amides is 3. The number of thiophene rings is 1. The van der Waals surface area contributed by atoms with E-state index < -0.39 is 47.6 Å². The Morgan fingerprint density at radius 3 is 2.03 bits per heavy atom. The second-order valence-corrected chi connectivity index (χ2v) is 9.24. The summed E-state index contributed by atoms with van der Waals surface area (Å²) in [5.41, 5.74) is -3.02. The summed E-state index contributed by atoms with van der Waals surface area (Å²) in [6.07, 6.45) is -8.85. The van der Waals surface area contributed by atoms with Crippen LogP contribution in [-0.4, -0.2) is 34.8 Å². The van der Waals surface area contributed by atoms with Crippen LogP contribution in [0.15, 0.2) is 78.7 Å². The molecule has 1 heterocycles. The van der Waals surface area contributed by atoms with E-state index in [1.54, 1.807) is 0 Å². The van der Waals surface area contributed by atoms with Crippen LogP contribution in [-0.2, 0) is 30.2 Å². The van der Waals surface area contributed by atoms with Crippen LogP contribution in [0.2, 0.25) is 0 Å². The molecule has 202 valence electrons. The molecule has 0 fully saturated rings. The van der Waals surface area contributed by atoms with Gasteiger partial charge in [0.15, 0.2) is 0 Å². The van der Waals surface area contributed by atoms with E-state index in [4.69, 9.17) is 0 Å². The molecule has 0 saturated carbocycles. The fraction of sp³-hybridized carbons (Fsp3) is 0.231. The molecular formula is C26H23F6N3O2S. The lowest BCUT2D eigenvalue weighted by atomic mass is 10.1. The van der Waals surface area contributed by atoms with Crippen LogP contribution in [0.3, 0.4) is 0 Å². The zero-order valence-corrected chi connectivity index (χ0v) is 20.7. The highest BCUT2D eigenvalue weighted by Gasteiger charge is 2.37. The van der Waals surface area contributed by atoms with Gasteiger partial charge in [-0.2, -0.15) is 26.3 Å². The fourth-order valence-corrected chi connectivity index (χ4v) is 4.21.